The average molecular weight is 206 g/mol. The van der Waals surface area contributed by atoms with E-state index in [4.69, 9.17) is 5.73 Å². The topological polar surface area (TPSA) is 29.3 Å². The molecule has 15 heavy (non-hydrogen) atoms. The van der Waals surface area contributed by atoms with E-state index in [0.29, 0.717) is 0 Å². The molecule has 0 radical (unpaired) electrons. The third-order valence-electron chi connectivity index (χ3n) is 2.59. The number of nitrogens with zero attached hydrogens (tertiary/aromatic N) is 1. The Morgan fingerprint density at radius 1 is 1.07 bits per heavy atom. The molecule has 0 fully saturated rings. The van der Waals surface area contributed by atoms with E-state index < -0.39 is 0 Å². The lowest BCUT2D eigenvalue weighted by molar-refractivity contribution is 0.728. The van der Waals surface area contributed by atoms with Crippen molar-refractivity contribution < 1.29 is 0 Å². The summed E-state index contributed by atoms with van der Waals surface area (Å²) in [5, 5.41) is 0. The Balaban J connectivity index is 2.60. The fourth-order valence-electron chi connectivity index (χ4n) is 1.79. The summed E-state index contributed by atoms with van der Waals surface area (Å²) in [7, 11) is 2.14. The quantitative estimate of drug-likeness (QED) is 0.750. The second kappa shape index (κ2) is 5.76. The molecule has 0 aliphatic rings. The molecule has 0 spiro atoms. The standard InChI is InChI=1S/C13H22N2/c1-11-8-12(2)10-13(9-11)15(3)7-5-4-6-14/h8-10H,4-7,14H2,1-3H3. The van der Waals surface area contributed by atoms with Gasteiger partial charge in [-0.2, -0.15) is 0 Å². The molecule has 0 aromatic heterocycles. The second-order valence-electron chi connectivity index (χ2n) is 4.26. The maximum atomic E-state index is 5.48. The molecule has 0 aliphatic heterocycles. The van der Waals surface area contributed by atoms with Gasteiger partial charge in [-0.1, -0.05) is 6.07 Å². The van der Waals surface area contributed by atoms with Gasteiger partial charge in [0, 0.05) is 19.3 Å². The van der Waals surface area contributed by atoms with Crippen LogP contribution in [0.15, 0.2) is 18.2 Å². The van der Waals surface area contributed by atoms with Crippen molar-refractivity contribution in [2.45, 2.75) is 26.7 Å². The molecule has 1 aromatic rings. The Morgan fingerprint density at radius 2 is 1.67 bits per heavy atom. The highest BCUT2D eigenvalue weighted by atomic mass is 15.1. The molecule has 0 amide bonds. The van der Waals surface area contributed by atoms with Crippen LogP contribution in [0.25, 0.3) is 0 Å². The zero-order valence-electron chi connectivity index (χ0n) is 10.1. The zero-order valence-corrected chi connectivity index (χ0v) is 10.1. The highest BCUT2D eigenvalue weighted by Gasteiger charge is 2.01. The molecule has 2 nitrogen and oxygen atoms in total. The minimum atomic E-state index is 0.792. The van der Waals surface area contributed by atoms with Crippen molar-refractivity contribution >= 4 is 5.69 Å². The molecule has 2 heteroatoms. The molecule has 0 aliphatic carbocycles. The van der Waals surface area contributed by atoms with Gasteiger partial charge in [0.2, 0.25) is 0 Å². The first-order valence-corrected chi connectivity index (χ1v) is 5.63. The van der Waals surface area contributed by atoms with Gasteiger partial charge in [-0.05, 0) is 56.5 Å². The van der Waals surface area contributed by atoms with Crippen LogP contribution in [0.3, 0.4) is 0 Å². The molecule has 0 bridgehead atoms. The van der Waals surface area contributed by atoms with Crippen LogP contribution in [-0.4, -0.2) is 20.1 Å². The Bertz CT molecular complexity index is 287. The third-order valence-corrected chi connectivity index (χ3v) is 2.59. The molecular formula is C13H22N2. The maximum Gasteiger partial charge on any atom is 0.0368 e. The largest absolute Gasteiger partial charge is 0.375 e. The number of nitrogens with two attached hydrogens (primary N) is 1. The summed E-state index contributed by atoms with van der Waals surface area (Å²) in [6.07, 6.45) is 2.27. The van der Waals surface area contributed by atoms with Crippen molar-refractivity contribution in [1.82, 2.24) is 0 Å². The Kier molecular flexibility index (Phi) is 4.63. The molecule has 1 rings (SSSR count). The van der Waals surface area contributed by atoms with Gasteiger partial charge >= 0.3 is 0 Å². The highest BCUT2D eigenvalue weighted by Crippen LogP contribution is 2.17. The van der Waals surface area contributed by atoms with Crippen LogP contribution in [0.4, 0.5) is 5.69 Å². The Labute approximate surface area is 93.1 Å². The first-order valence-electron chi connectivity index (χ1n) is 5.63. The van der Waals surface area contributed by atoms with Crippen LogP contribution in [0.2, 0.25) is 0 Å². The number of unbranched alkanes of at least 4 members (excludes halogenated alkanes) is 1. The summed E-state index contributed by atoms with van der Waals surface area (Å²) >= 11 is 0. The van der Waals surface area contributed by atoms with Crippen molar-refractivity contribution in [2.75, 3.05) is 25.0 Å². The van der Waals surface area contributed by atoms with Gasteiger partial charge < -0.3 is 10.6 Å². The minimum absolute atomic E-state index is 0.792. The number of hydrogen-bond acceptors (Lipinski definition) is 2. The summed E-state index contributed by atoms with van der Waals surface area (Å²) in [5.74, 6) is 0. The summed E-state index contributed by atoms with van der Waals surface area (Å²) in [5.41, 5.74) is 9.45. The summed E-state index contributed by atoms with van der Waals surface area (Å²) in [6.45, 7) is 6.16. The molecule has 0 saturated heterocycles. The maximum absolute atomic E-state index is 5.48. The molecule has 2 N–H and O–H groups in total. The summed E-state index contributed by atoms with van der Waals surface area (Å²) in [6, 6.07) is 6.67. The van der Waals surface area contributed by atoms with Crippen molar-refractivity contribution in [1.29, 1.82) is 0 Å². The summed E-state index contributed by atoms with van der Waals surface area (Å²) in [4.78, 5) is 2.30. The van der Waals surface area contributed by atoms with E-state index in [-0.39, 0.29) is 0 Å². The molecule has 0 heterocycles. The lowest BCUT2D eigenvalue weighted by atomic mass is 10.1. The smallest absolute Gasteiger partial charge is 0.0368 e. The van der Waals surface area contributed by atoms with Gasteiger partial charge in [-0.25, -0.2) is 0 Å². The Hall–Kier alpha value is -1.02. The van der Waals surface area contributed by atoms with Gasteiger partial charge in [0.05, 0.1) is 0 Å². The number of hydrogen-bond donors (Lipinski definition) is 1. The van der Waals surface area contributed by atoms with E-state index in [1.165, 1.54) is 23.2 Å². The average Bonchev–Trinajstić information content (AvgIpc) is 2.16. The fraction of sp³-hybridized carbons (Fsp3) is 0.538. The van der Waals surface area contributed by atoms with E-state index in [9.17, 15) is 0 Å². The van der Waals surface area contributed by atoms with Gasteiger partial charge in [0.15, 0.2) is 0 Å². The first-order chi connectivity index (χ1) is 7.13. The zero-order chi connectivity index (χ0) is 11.3. The van der Waals surface area contributed by atoms with Gasteiger partial charge in [-0.3, -0.25) is 0 Å². The number of rotatable bonds is 5. The van der Waals surface area contributed by atoms with Gasteiger partial charge in [0.25, 0.3) is 0 Å². The van der Waals surface area contributed by atoms with Crippen molar-refractivity contribution in [2.24, 2.45) is 5.73 Å². The van der Waals surface area contributed by atoms with Crippen LogP contribution < -0.4 is 10.6 Å². The van der Waals surface area contributed by atoms with Gasteiger partial charge in [0.1, 0.15) is 0 Å². The number of aryl methyl sites for hydroxylation is 2. The van der Waals surface area contributed by atoms with Crippen LogP contribution in [0.5, 0.6) is 0 Å². The van der Waals surface area contributed by atoms with E-state index >= 15 is 0 Å². The lowest BCUT2D eigenvalue weighted by Crippen LogP contribution is -2.19. The minimum Gasteiger partial charge on any atom is -0.375 e. The third kappa shape index (κ3) is 3.92. The second-order valence-corrected chi connectivity index (χ2v) is 4.26. The van der Waals surface area contributed by atoms with Crippen LogP contribution >= 0.6 is 0 Å². The van der Waals surface area contributed by atoms with Gasteiger partial charge in [-0.15, -0.1) is 0 Å². The molecule has 1 aromatic carbocycles. The van der Waals surface area contributed by atoms with E-state index in [2.05, 4.69) is 44.0 Å². The van der Waals surface area contributed by atoms with Crippen molar-refractivity contribution in [3.63, 3.8) is 0 Å². The highest BCUT2D eigenvalue weighted by molar-refractivity contribution is 5.50. The van der Waals surface area contributed by atoms with Crippen LogP contribution in [-0.2, 0) is 0 Å². The Morgan fingerprint density at radius 3 is 2.20 bits per heavy atom. The first kappa shape index (κ1) is 12.1. The van der Waals surface area contributed by atoms with Crippen molar-refractivity contribution in [3.8, 4) is 0 Å². The lowest BCUT2D eigenvalue weighted by Gasteiger charge is -2.20. The SMILES string of the molecule is Cc1cc(C)cc(N(C)CCCCN)c1. The molecule has 0 atom stereocenters. The van der Waals surface area contributed by atoms with E-state index in [1.54, 1.807) is 0 Å². The normalized spacial score (nSPS) is 10.4. The number of benzene rings is 1. The molecule has 0 saturated carbocycles. The molecule has 0 unspecified atom stereocenters. The van der Waals surface area contributed by atoms with Crippen molar-refractivity contribution in [3.05, 3.63) is 29.3 Å². The monoisotopic (exact) mass is 206 g/mol. The number of anilines is 1. The molecular weight excluding hydrogens is 184 g/mol. The molecule has 84 valence electrons. The van der Waals surface area contributed by atoms with Crippen LogP contribution in [0.1, 0.15) is 24.0 Å². The fourth-order valence-corrected chi connectivity index (χ4v) is 1.79. The van der Waals surface area contributed by atoms with E-state index in [1.807, 2.05) is 0 Å². The predicted octanol–water partition coefficient (Wildman–Crippen LogP) is 2.48. The predicted molar refractivity (Wildman–Crippen MR) is 67.5 cm³/mol. The summed E-state index contributed by atoms with van der Waals surface area (Å²) < 4.78 is 0. The van der Waals surface area contributed by atoms with Crippen LogP contribution in [0, 0.1) is 13.8 Å². The van der Waals surface area contributed by atoms with E-state index in [0.717, 1.165) is 19.5 Å².